The summed E-state index contributed by atoms with van der Waals surface area (Å²) < 4.78 is 16.0. The zero-order chi connectivity index (χ0) is 17.8. The molecular formula is C18H23NO5S. The molecule has 0 bridgehead atoms. The van der Waals surface area contributed by atoms with Crippen molar-refractivity contribution in [2.24, 2.45) is 0 Å². The second-order valence-electron chi connectivity index (χ2n) is 5.98. The fraction of sp³-hybridized carbons (Fsp3) is 0.556. The molecule has 2 aliphatic heterocycles. The number of thioether (sulfide) groups is 1. The van der Waals surface area contributed by atoms with Gasteiger partial charge in [0.05, 0.1) is 12.4 Å². The van der Waals surface area contributed by atoms with E-state index in [4.69, 9.17) is 14.2 Å². The standard InChI is InChI=1S/C18H23NO5S/c1-3-6-19-7-5-12-8-14-15(24-11-23-14)9-13(12)17(18(19)21)25-10-16(20)22-4-2/h8-9,17H,3-7,10-11H2,1-2H3. The molecule has 2 heterocycles. The van der Waals surface area contributed by atoms with Crippen molar-refractivity contribution in [1.29, 1.82) is 0 Å². The van der Waals surface area contributed by atoms with Crippen molar-refractivity contribution in [2.75, 3.05) is 32.2 Å². The highest BCUT2D eigenvalue weighted by Crippen LogP contribution is 2.42. The molecular weight excluding hydrogens is 342 g/mol. The van der Waals surface area contributed by atoms with Gasteiger partial charge in [-0.2, -0.15) is 0 Å². The van der Waals surface area contributed by atoms with Crippen LogP contribution >= 0.6 is 11.8 Å². The molecule has 0 fully saturated rings. The normalized spacial score (nSPS) is 18.7. The molecule has 0 aliphatic carbocycles. The lowest BCUT2D eigenvalue weighted by Gasteiger charge is -2.24. The van der Waals surface area contributed by atoms with Gasteiger partial charge in [0.15, 0.2) is 11.5 Å². The highest BCUT2D eigenvalue weighted by atomic mass is 32.2. The third-order valence-electron chi connectivity index (χ3n) is 4.27. The van der Waals surface area contributed by atoms with Crippen molar-refractivity contribution in [1.82, 2.24) is 4.90 Å². The Kier molecular flexibility index (Phi) is 5.73. The Bertz CT molecular complexity index is 663. The van der Waals surface area contributed by atoms with Crippen LogP contribution in [0.2, 0.25) is 0 Å². The topological polar surface area (TPSA) is 65.1 Å². The van der Waals surface area contributed by atoms with Crippen LogP contribution < -0.4 is 9.47 Å². The molecule has 1 unspecified atom stereocenters. The van der Waals surface area contributed by atoms with Crippen molar-refractivity contribution in [2.45, 2.75) is 31.9 Å². The average Bonchev–Trinajstić information content (AvgIpc) is 3.01. The van der Waals surface area contributed by atoms with Crippen molar-refractivity contribution in [3.63, 3.8) is 0 Å². The van der Waals surface area contributed by atoms with Crippen LogP contribution in [0.3, 0.4) is 0 Å². The second kappa shape index (κ2) is 7.99. The SMILES string of the molecule is CCCN1CCc2cc3c(cc2C(SCC(=O)OCC)C1=O)OCO3. The van der Waals surface area contributed by atoms with Gasteiger partial charge in [0.25, 0.3) is 0 Å². The van der Waals surface area contributed by atoms with Crippen LogP contribution in [-0.2, 0) is 20.7 Å². The lowest BCUT2D eigenvalue weighted by Crippen LogP contribution is -2.34. The smallest absolute Gasteiger partial charge is 0.315 e. The summed E-state index contributed by atoms with van der Waals surface area (Å²) in [6.07, 6.45) is 1.67. The summed E-state index contributed by atoms with van der Waals surface area (Å²) in [4.78, 5) is 26.7. The van der Waals surface area contributed by atoms with Gasteiger partial charge in [0, 0.05) is 13.1 Å². The number of benzene rings is 1. The molecule has 136 valence electrons. The Morgan fingerprint density at radius 2 is 2.08 bits per heavy atom. The molecule has 0 aromatic heterocycles. The summed E-state index contributed by atoms with van der Waals surface area (Å²) in [6.45, 7) is 5.77. The molecule has 1 aromatic rings. The number of esters is 1. The zero-order valence-electron chi connectivity index (χ0n) is 14.6. The number of ether oxygens (including phenoxy) is 3. The number of carbonyl (C=O) groups is 2. The van der Waals surface area contributed by atoms with Gasteiger partial charge in [-0.05, 0) is 43.0 Å². The molecule has 0 spiro atoms. The summed E-state index contributed by atoms with van der Waals surface area (Å²) in [5.41, 5.74) is 2.00. The van der Waals surface area contributed by atoms with Gasteiger partial charge in [-0.15, -0.1) is 11.8 Å². The Labute approximate surface area is 151 Å². The summed E-state index contributed by atoms with van der Waals surface area (Å²) in [6, 6.07) is 3.87. The van der Waals surface area contributed by atoms with E-state index in [2.05, 4.69) is 6.92 Å². The number of fused-ring (bicyclic) bond motifs is 2. The van der Waals surface area contributed by atoms with E-state index in [-0.39, 0.29) is 24.4 Å². The van der Waals surface area contributed by atoms with Crippen LogP contribution in [0.25, 0.3) is 0 Å². The van der Waals surface area contributed by atoms with Gasteiger partial charge < -0.3 is 19.1 Å². The van der Waals surface area contributed by atoms with Gasteiger partial charge in [-0.25, -0.2) is 0 Å². The minimum absolute atomic E-state index is 0.0498. The predicted molar refractivity (Wildman–Crippen MR) is 95.0 cm³/mol. The van der Waals surface area contributed by atoms with Crippen molar-refractivity contribution in [3.05, 3.63) is 23.3 Å². The Hall–Kier alpha value is -1.89. The molecule has 1 atom stereocenters. The minimum Gasteiger partial charge on any atom is -0.465 e. The average molecular weight is 365 g/mol. The predicted octanol–water partition coefficient (Wildman–Crippen LogP) is 2.55. The highest BCUT2D eigenvalue weighted by Gasteiger charge is 2.33. The largest absolute Gasteiger partial charge is 0.465 e. The number of nitrogens with zero attached hydrogens (tertiary/aromatic N) is 1. The maximum Gasteiger partial charge on any atom is 0.315 e. The van der Waals surface area contributed by atoms with Crippen molar-refractivity contribution in [3.8, 4) is 11.5 Å². The van der Waals surface area contributed by atoms with E-state index in [1.165, 1.54) is 11.8 Å². The summed E-state index contributed by atoms with van der Waals surface area (Å²) >= 11 is 1.32. The molecule has 3 rings (SSSR count). The van der Waals surface area contributed by atoms with E-state index in [1.807, 2.05) is 17.0 Å². The second-order valence-corrected chi connectivity index (χ2v) is 7.07. The quantitative estimate of drug-likeness (QED) is 0.722. The van der Waals surface area contributed by atoms with Gasteiger partial charge >= 0.3 is 5.97 Å². The number of amides is 1. The lowest BCUT2D eigenvalue weighted by atomic mass is 10.0. The zero-order valence-corrected chi connectivity index (χ0v) is 15.4. The first-order valence-electron chi connectivity index (χ1n) is 8.62. The van der Waals surface area contributed by atoms with Gasteiger partial charge in [-0.1, -0.05) is 6.92 Å². The maximum atomic E-state index is 13.0. The number of carbonyl (C=O) groups excluding carboxylic acids is 2. The third kappa shape index (κ3) is 3.86. The van der Waals surface area contributed by atoms with Gasteiger partial charge in [0.2, 0.25) is 12.7 Å². The Morgan fingerprint density at radius 1 is 1.32 bits per heavy atom. The Balaban J connectivity index is 1.89. The van der Waals surface area contributed by atoms with Crippen LogP contribution in [0.4, 0.5) is 0 Å². The number of rotatable bonds is 6. The fourth-order valence-electron chi connectivity index (χ4n) is 3.13. The molecule has 25 heavy (non-hydrogen) atoms. The molecule has 0 radical (unpaired) electrons. The van der Waals surface area contributed by atoms with E-state index in [9.17, 15) is 9.59 Å². The van der Waals surface area contributed by atoms with Crippen LogP contribution in [-0.4, -0.2) is 49.0 Å². The summed E-state index contributed by atoms with van der Waals surface area (Å²) in [5, 5.41) is -0.428. The van der Waals surface area contributed by atoms with E-state index < -0.39 is 5.25 Å². The van der Waals surface area contributed by atoms with Crippen LogP contribution in [0.1, 0.15) is 36.6 Å². The van der Waals surface area contributed by atoms with E-state index >= 15 is 0 Å². The first kappa shape index (κ1) is 17.9. The van der Waals surface area contributed by atoms with Crippen LogP contribution in [0.15, 0.2) is 12.1 Å². The minimum atomic E-state index is -0.428. The maximum absolute atomic E-state index is 13.0. The number of hydrogen-bond donors (Lipinski definition) is 0. The summed E-state index contributed by atoms with van der Waals surface area (Å²) in [5.74, 6) is 1.29. The fourth-order valence-corrected chi connectivity index (χ4v) is 4.21. The van der Waals surface area contributed by atoms with Crippen LogP contribution in [0, 0.1) is 0 Å². The van der Waals surface area contributed by atoms with E-state index in [0.29, 0.717) is 18.9 Å². The van der Waals surface area contributed by atoms with E-state index in [0.717, 1.165) is 36.3 Å². The van der Waals surface area contributed by atoms with Crippen LogP contribution in [0.5, 0.6) is 11.5 Å². The summed E-state index contributed by atoms with van der Waals surface area (Å²) in [7, 11) is 0. The van der Waals surface area contributed by atoms with Gasteiger partial charge in [0.1, 0.15) is 5.25 Å². The lowest BCUT2D eigenvalue weighted by molar-refractivity contribution is -0.139. The molecule has 0 saturated carbocycles. The molecule has 0 saturated heterocycles. The molecule has 0 N–H and O–H groups in total. The molecule has 1 aromatic carbocycles. The van der Waals surface area contributed by atoms with Crippen molar-refractivity contribution < 1.29 is 23.8 Å². The molecule has 2 aliphatic rings. The molecule has 1 amide bonds. The first-order valence-corrected chi connectivity index (χ1v) is 9.67. The third-order valence-corrected chi connectivity index (χ3v) is 5.46. The molecule has 6 nitrogen and oxygen atoms in total. The Morgan fingerprint density at radius 3 is 2.80 bits per heavy atom. The highest BCUT2D eigenvalue weighted by molar-refractivity contribution is 8.00. The molecule has 7 heteroatoms. The monoisotopic (exact) mass is 365 g/mol. The number of hydrogen-bond acceptors (Lipinski definition) is 6. The van der Waals surface area contributed by atoms with Gasteiger partial charge in [-0.3, -0.25) is 9.59 Å². The first-order chi connectivity index (χ1) is 12.1. The van der Waals surface area contributed by atoms with Crippen molar-refractivity contribution >= 4 is 23.6 Å². The van der Waals surface area contributed by atoms with E-state index in [1.54, 1.807) is 6.92 Å².